The van der Waals surface area contributed by atoms with E-state index in [0.29, 0.717) is 0 Å². The number of carbonyl (C=O) groups is 1. The van der Waals surface area contributed by atoms with E-state index in [1.165, 1.54) is 24.3 Å². The van der Waals surface area contributed by atoms with Crippen molar-refractivity contribution in [2.45, 2.75) is 13.3 Å². The molecular weight excluding hydrogens is 208 g/mol. The van der Waals surface area contributed by atoms with E-state index in [4.69, 9.17) is 5.26 Å². The standard InChI is InChI=1S/C11H10N2O3/c1-8(5-6-12)11(14)9-3-2-4-10(7-9)13(15)16/h2-4,7-8H,5H2,1H3. The van der Waals surface area contributed by atoms with Crippen molar-refractivity contribution in [2.24, 2.45) is 5.92 Å². The van der Waals surface area contributed by atoms with Gasteiger partial charge in [0.2, 0.25) is 0 Å². The summed E-state index contributed by atoms with van der Waals surface area (Å²) in [5, 5.41) is 19.0. The Balaban J connectivity index is 2.97. The molecule has 82 valence electrons. The average Bonchev–Trinajstić information content (AvgIpc) is 2.28. The van der Waals surface area contributed by atoms with Crippen molar-refractivity contribution in [3.05, 3.63) is 39.9 Å². The number of Topliss-reactive ketones (excluding diaryl/α,β-unsaturated/α-hetero) is 1. The first-order chi connectivity index (χ1) is 7.56. The van der Waals surface area contributed by atoms with E-state index in [1.807, 2.05) is 6.07 Å². The molecule has 0 aromatic heterocycles. The van der Waals surface area contributed by atoms with Crippen LogP contribution in [-0.4, -0.2) is 10.7 Å². The van der Waals surface area contributed by atoms with Gasteiger partial charge in [-0.25, -0.2) is 0 Å². The van der Waals surface area contributed by atoms with Crippen LogP contribution in [0.5, 0.6) is 0 Å². The molecule has 0 aliphatic heterocycles. The maximum absolute atomic E-state index is 11.7. The second-order valence-corrected chi connectivity index (χ2v) is 3.43. The first-order valence-electron chi connectivity index (χ1n) is 4.72. The fraction of sp³-hybridized carbons (Fsp3) is 0.273. The number of rotatable bonds is 4. The van der Waals surface area contributed by atoms with Crippen LogP contribution in [0.2, 0.25) is 0 Å². The number of nitro groups is 1. The number of carbonyl (C=O) groups excluding carboxylic acids is 1. The van der Waals surface area contributed by atoms with E-state index in [1.54, 1.807) is 6.92 Å². The third kappa shape index (κ3) is 2.64. The lowest BCUT2D eigenvalue weighted by atomic mass is 9.97. The van der Waals surface area contributed by atoms with Gasteiger partial charge in [-0.1, -0.05) is 19.1 Å². The zero-order valence-electron chi connectivity index (χ0n) is 8.71. The smallest absolute Gasteiger partial charge is 0.270 e. The number of non-ortho nitro benzene ring substituents is 1. The molecule has 0 spiro atoms. The zero-order valence-corrected chi connectivity index (χ0v) is 8.71. The Hall–Kier alpha value is -2.22. The molecule has 0 radical (unpaired) electrons. The first kappa shape index (κ1) is 11.9. The van der Waals surface area contributed by atoms with E-state index in [-0.39, 0.29) is 23.5 Å². The van der Waals surface area contributed by atoms with Gasteiger partial charge >= 0.3 is 0 Å². The Morgan fingerprint density at radius 1 is 1.62 bits per heavy atom. The summed E-state index contributed by atoms with van der Waals surface area (Å²) in [5.74, 6) is -0.683. The van der Waals surface area contributed by atoms with E-state index < -0.39 is 10.8 Å². The minimum absolute atomic E-state index is 0.113. The van der Waals surface area contributed by atoms with Gasteiger partial charge in [0, 0.05) is 30.0 Å². The molecule has 1 rings (SSSR count). The van der Waals surface area contributed by atoms with Gasteiger partial charge in [-0.15, -0.1) is 0 Å². The summed E-state index contributed by atoms with van der Waals surface area (Å²) < 4.78 is 0. The molecular formula is C11H10N2O3. The van der Waals surface area contributed by atoms with Gasteiger partial charge in [0.05, 0.1) is 11.0 Å². The fourth-order valence-electron chi connectivity index (χ4n) is 1.29. The third-order valence-electron chi connectivity index (χ3n) is 2.19. The highest BCUT2D eigenvalue weighted by atomic mass is 16.6. The Morgan fingerprint density at radius 3 is 2.88 bits per heavy atom. The second kappa shape index (κ2) is 5.03. The van der Waals surface area contributed by atoms with Crippen LogP contribution in [0.3, 0.4) is 0 Å². The van der Waals surface area contributed by atoms with Crippen molar-refractivity contribution >= 4 is 11.5 Å². The predicted octanol–water partition coefficient (Wildman–Crippen LogP) is 2.33. The SMILES string of the molecule is CC(CC#N)C(=O)c1cccc([N+](=O)[O-])c1. The lowest BCUT2D eigenvalue weighted by Gasteiger charge is -2.05. The monoisotopic (exact) mass is 218 g/mol. The number of nitrogens with zero attached hydrogens (tertiary/aromatic N) is 2. The fourth-order valence-corrected chi connectivity index (χ4v) is 1.29. The Kier molecular flexibility index (Phi) is 3.72. The molecule has 0 aliphatic carbocycles. The maximum atomic E-state index is 11.7. The molecule has 0 fully saturated rings. The summed E-state index contributed by atoms with van der Waals surface area (Å²) in [6.07, 6.45) is 0.113. The molecule has 0 saturated heterocycles. The number of hydrogen-bond donors (Lipinski definition) is 0. The summed E-state index contributed by atoms with van der Waals surface area (Å²) in [6, 6.07) is 7.44. The zero-order chi connectivity index (χ0) is 12.1. The molecule has 0 heterocycles. The van der Waals surface area contributed by atoms with E-state index >= 15 is 0 Å². The van der Waals surface area contributed by atoms with Gasteiger partial charge in [-0.05, 0) is 0 Å². The molecule has 0 bridgehead atoms. The lowest BCUT2D eigenvalue weighted by Crippen LogP contribution is -2.10. The minimum atomic E-state index is -0.550. The number of nitro benzene ring substituents is 1. The largest absolute Gasteiger partial charge is 0.294 e. The van der Waals surface area contributed by atoms with E-state index in [0.717, 1.165) is 0 Å². The number of benzene rings is 1. The third-order valence-corrected chi connectivity index (χ3v) is 2.19. The summed E-state index contributed by atoms with van der Waals surface area (Å²) in [6.45, 7) is 1.63. The van der Waals surface area contributed by atoms with Crippen molar-refractivity contribution < 1.29 is 9.72 Å². The van der Waals surface area contributed by atoms with Crippen molar-refractivity contribution in [2.75, 3.05) is 0 Å². The van der Waals surface area contributed by atoms with E-state index in [2.05, 4.69) is 0 Å². The first-order valence-corrected chi connectivity index (χ1v) is 4.72. The molecule has 1 atom stereocenters. The lowest BCUT2D eigenvalue weighted by molar-refractivity contribution is -0.384. The Morgan fingerprint density at radius 2 is 2.31 bits per heavy atom. The second-order valence-electron chi connectivity index (χ2n) is 3.43. The van der Waals surface area contributed by atoms with Gasteiger partial charge in [0.15, 0.2) is 5.78 Å². The molecule has 0 amide bonds. The van der Waals surface area contributed by atoms with Gasteiger partial charge in [0.25, 0.3) is 5.69 Å². The van der Waals surface area contributed by atoms with Gasteiger partial charge in [-0.2, -0.15) is 5.26 Å². The Labute approximate surface area is 92.5 Å². The van der Waals surface area contributed by atoms with Crippen LogP contribution in [0.4, 0.5) is 5.69 Å². The van der Waals surface area contributed by atoms with Crippen molar-refractivity contribution in [1.82, 2.24) is 0 Å². The topological polar surface area (TPSA) is 84.0 Å². The molecule has 0 aliphatic rings. The molecule has 1 unspecified atom stereocenters. The quantitative estimate of drug-likeness (QED) is 0.441. The van der Waals surface area contributed by atoms with Crippen LogP contribution in [0.1, 0.15) is 23.7 Å². The van der Waals surface area contributed by atoms with Crippen LogP contribution in [0, 0.1) is 27.4 Å². The summed E-state index contributed by atoms with van der Waals surface area (Å²) in [4.78, 5) is 21.7. The number of nitriles is 1. The van der Waals surface area contributed by atoms with Crippen molar-refractivity contribution in [3.8, 4) is 6.07 Å². The van der Waals surface area contributed by atoms with Crippen LogP contribution in [0.15, 0.2) is 24.3 Å². The molecule has 5 nitrogen and oxygen atoms in total. The minimum Gasteiger partial charge on any atom is -0.294 e. The van der Waals surface area contributed by atoms with Crippen LogP contribution < -0.4 is 0 Å². The summed E-state index contributed by atoms with van der Waals surface area (Å²) in [5.41, 5.74) is 0.159. The van der Waals surface area contributed by atoms with Crippen molar-refractivity contribution in [3.63, 3.8) is 0 Å². The van der Waals surface area contributed by atoms with Crippen molar-refractivity contribution in [1.29, 1.82) is 5.26 Å². The number of ketones is 1. The highest BCUT2D eigenvalue weighted by Crippen LogP contribution is 2.17. The highest BCUT2D eigenvalue weighted by molar-refractivity contribution is 5.98. The highest BCUT2D eigenvalue weighted by Gasteiger charge is 2.17. The van der Waals surface area contributed by atoms with Crippen LogP contribution in [0.25, 0.3) is 0 Å². The molecule has 16 heavy (non-hydrogen) atoms. The molecule has 0 N–H and O–H groups in total. The average molecular weight is 218 g/mol. The summed E-state index contributed by atoms with van der Waals surface area (Å²) >= 11 is 0. The molecule has 0 saturated carbocycles. The molecule has 5 heteroatoms. The van der Waals surface area contributed by atoms with Gasteiger partial charge < -0.3 is 0 Å². The van der Waals surface area contributed by atoms with E-state index in [9.17, 15) is 14.9 Å². The van der Waals surface area contributed by atoms with Crippen LogP contribution >= 0.6 is 0 Å². The normalized spacial score (nSPS) is 11.5. The van der Waals surface area contributed by atoms with Gasteiger partial charge in [-0.3, -0.25) is 14.9 Å². The number of hydrogen-bond acceptors (Lipinski definition) is 4. The van der Waals surface area contributed by atoms with Gasteiger partial charge in [0.1, 0.15) is 0 Å². The maximum Gasteiger partial charge on any atom is 0.270 e. The molecule has 1 aromatic rings. The Bertz CT molecular complexity index is 463. The van der Waals surface area contributed by atoms with Crippen LogP contribution in [-0.2, 0) is 0 Å². The molecule has 1 aromatic carbocycles. The summed E-state index contributed by atoms with van der Waals surface area (Å²) in [7, 11) is 0. The predicted molar refractivity (Wildman–Crippen MR) is 56.8 cm³/mol.